The maximum Gasteiger partial charge on any atom is 0.128 e. The summed E-state index contributed by atoms with van der Waals surface area (Å²) in [7, 11) is 2.13. The summed E-state index contributed by atoms with van der Waals surface area (Å²) in [6, 6.07) is 6.08. The van der Waals surface area contributed by atoms with E-state index in [1.165, 1.54) is 25.7 Å². The molecule has 1 heterocycles. The summed E-state index contributed by atoms with van der Waals surface area (Å²) in [5.41, 5.74) is 6.57. The molecular weight excluding hydrogens is 198 g/mol. The quantitative estimate of drug-likeness (QED) is 0.844. The van der Waals surface area contributed by atoms with E-state index in [9.17, 15) is 0 Å². The van der Waals surface area contributed by atoms with Gasteiger partial charge in [0.1, 0.15) is 5.82 Å². The Labute approximate surface area is 97.7 Å². The van der Waals surface area contributed by atoms with Crippen molar-refractivity contribution >= 4 is 5.82 Å². The van der Waals surface area contributed by atoms with E-state index in [2.05, 4.69) is 23.0 Å². The van der Waals surface area contributed by atoms with Gasteiger partial charge >= 0.3 is 0 Å². The minimum Gasteiger partial charge on any atom is -0.359 e. The number of hydrogen-bond donors (Lipinski definition) is 1. The molecule has 1 aliphatic rings. The van der Waals surface area contributed by atoms with Gasteiger partial charge in [-0.3, -0.25) is 0 Å². The maximum absolute atomic E-state index is 5.60. The zero-order valence-electron chi connectivity index (χ0n) is 10.0. The molecule has 1 aromatic heterocycles. The first kappa shape index (κ1) is 11.4. The topological polar surface area (TPSA) is 42.1 Å². The second kappa shape index (κ2) is 5.30. The molecule has 16 heavy (non-hydrogen) atoms. The Morgan fingerprint density at radius 2 is 2.12 bits per heavy atom. The fraction of sp³-hybridized carbons (Fsp3) is 0.615. The first-order valence-corrected chi connectivity index (χ1v) is 6.16. The standard InChI is InChI=1S/C13H21N3/c1-16(10-11-5-2-3-6-11)13-8-4-7-12(9-14)15-13/h4,7-8,11H,2-3,5-6,9-10,14H2,1H3. The lowest BCUT2D eigenvalue weighted by Gasteiger charge is -2.22. The Morgan fingerprint density at radius 3 is 2.81 bits per heavy atom. The van der Waals surface area contributed by atoms with Crippen LogP contribution in [0.5, 0.6) is 0 Å². The molecule has 0 saturated heterocycles. The highest BCUT2D eigenvalue weighted by Crippen LogP contribution is 2.26. The second-order valence-electron chi connectivity index (χ2n) is 4.72. The Hall–Kier alpha value is -1.09. The SMILES string of the molecule is CN(CC1CCCC1)c1cccc(CN)n1. The van der Waals surface area contributed by atoms with Crippen molar-refractivity contribution in [3.8, 4) is 0 Å². The van der Waals surface area contributed by atoms with Crippen LogP contribution in [0.3, 0.4) is 0 Å². The van der Waals surface area contributed by atoms with E-state index in [4.69, 9.17) is 5.73 Å². The van der Waals surface area contributed by atoms with Gasteiger partial charge in [-0.05, 0) is 30.9 Å². The summed E-state index contributed by atoms with van der Waals surface area (Å²) in [5.74, 6) is 1.91. The molecule has 3 heteroatoms. The number of anilines is 1. The molecule has 2 N–H and O–H groups in total. The zero-order valence-corrected chi connectivity index (χ0v) is 10.0. The first-order chi connectivity index (χ1) is 7.79. The third kappa shape index (κ3) is 2.73. The average Bonchev–Trinajstić information content (AvgIpc) is 2.82. The van der Waals surface area contributed by atoms with Crippen molar-refractivity contribution in [2.24, 2.45) is 11.7 Å². The normalized spacial score (nSPS) is 16.6. The van der Waals surface area contributed by atoms with Crippen LogP contribution >= 0.6 is 0 Å². The van der Waals surface area contributed by atoms with E-state index >= 15 is 0 Å². The van der Waals surface area contributed by atoms with E-state index < -0.39 is 0 Å². The monoisotopic (exact) mass is 219 g/mol. The fourth-order valence-corrected chi connectivity index (χ4v) is 2.47. The summed E-state index contributed by atoms with van der Waals surface area (Å²) in [5, 5.41) is 0. The van der Waals surface area contributed by atoms with Gasteiger partial charge in [0.05, 0.1) is 5.69 Å². The molecule has 1 saturated carbocycles. The predicted octanol–water partition coefficient (Wildman–Crippen LogP) is 2.17. The van der Waals surface area contributed by atoms with Crippen LogP contribution in [0.2, 0.25) is 0 Å². The number of hydrogen-bond acceptors (Lipinski definition) is 3. The van der Waals surface area contributed by atoms with Gasteiger partial charge in [-0.15, -0.1) is 0 Å². The van der Waals surface area contributed by atoms with Crippen molar-refractivity contribution in [1.29, 1.82) is 0 Å². The van der Waals surface area contributed by atoms with E-state index in [1.807, 2.05) is 12.1 Å². The molecule has 1 aliphatic carbocycles. The molecule has 0 unspecified atom stereocenters. The van der Waals surface area contributed by atoms with Crippen molar-refractivity contribution in [3.05, 3.63) is 23.9 Å². The molecule has 0 aliphatic heterocycles. The van der Waals surface area contributed by atoms with Crippen molar-refractivity contribution in [2.75, 3.05) is 18.5 Å². The van der Waals surface area contributed by atoms with Crippen LogP contribution in [0.4, 0.5) is 5.82 Å². The Balaban J connectivity index is 1.98. The largest absolute Gasteiger partial charge is 0.359 e. The first-order valence-electron chi connectivity index (χ1n) is 6.16. The Kier molecular flexibility index (Phi) is 3.78. The van der Waals surface area contributed by atoms with Gasteiger partial charge in [0.25, 0.3) is 0 Å². The van der Waals surface area contributed by atoms with Gasteiger partial charge in [0, 0.05) is 20.1 Å². The molecular formula is C13H21N3. The zero-order chi connectivity index (χ0) is 11.4. The van der Waals surface area contributed by atoms with Crippen LogP contribution < -0.4 is 10.6 Å². The fourth-order valence-electron chi connectivity index (χ4n) is 2.47. The van der Waals surface area contributed by atoms with Gasteiger partial charge in [-0.25, -0.2) is 4.98 Å². The molecule has 0 spiro atoms. The molecule has 1 aromatic rings. The number of aromatic nitrogens is 1. The van der Waals surface area contributed by atoms with Crippen molar-refractivity contribution in [1.82, 2.24) is 4.98 Å². The highest BCUT2D eigenvalue weighted by molar-refractivity contribution is 5.38. The molecule has 88 valence electrons. The molecule has 2 rings (SSSR count). The summed E-state index contributed by atoms with van der Waals surface area (Å²) in [6.45, 7) is 1.64. The molecule has 0 atom stereocenters. The molecule has 3 nitrogen and oxygen atoms in total. The summed E-state index contributed by atoms with van der Waals surface area (Å²) >= 11 is 0. The van der Waals surface area contributed by atoms with Crippen LogP contribution in [0.15, 0.2) is 18.2 Å². The lowest BCUT2D eigenvalue weighted by molar-refractivity contribution is 0.545. The van der Waals surface area contributed by atoms with Crippen molar-refractivity contribution < 1.29 is 0 Å². The van der Waals surface area contributed by atoms with Crippen LogP contribution in [-0.4, -0.2) is 18.6 Å². The van der Waals surface area contributed by atoms with Gasteiger partial charge in [-0.1, -0.05) is 18.9 Å². The molecule has 0 bridgehead atoms. The molecule has 0 radical (unpaired) electrons. The second-order valence-corrected chi connectivity index (χ2v) is 4.72. The van der Waals surface area contributed by atoms with Gasteiger partial charge in [0.2, 0.25) is 0 Å². The van der Waals surface area contributed by atoms with Crippen LogP contribution in [-0.2, 0) is 6.54 Å². The number of rotatable bonds is 4. The third-order valence-corrected chi connectivity index (χ3v) is 3.40. The Bertz CT molecular complexity index is 332. The van der Waals surface area contributed by atoms with Crippen molar-refractivity contribution in [2.45, 2.75) is 32.2 Å². The number of nitrogens with zero attached hydrogens (tertiary/aromatic N) is 2. The van der Waals surface area contributed by atoms with E-state index in [0.29, 0.717) is 6.54 Å². The predicted molar refractivity (Wildman–Crippen MR) is 67.4 cm³/mol. The number of pyridine rings is 1. The van der Waals surface area contributed by atoms with Gasteiger partial charge in [-0.2, -0.15) is 0 Å². The summed E-state index contributed by atoms with van der Waals surface area (Å²) < 4.78 is 0. The molecule has 0 amide bonds. The minimum atomic E-state index is 0.519. The maximum atomic E-state index is 5.60. The minimum absolute atomic E-state index is 0.519. The lowest BCUT2D eigenvalue weighted by Crippen LogP contribution is -2.25. The van der Waals surface area contributed by atoms with E-state index in [1.54, 1.807) is 0 Å². The Morgan fingerprint density at radius 1 is 1.38 bits per heavy atom. The van der Waals surface area contributed by atoms with Crippen LogP contribution in [0.25, 0.3) is 0 Å². The van der Waals surface area contributed by atoms with E-state index in [-0.39, 0.29) is 0 Å². The lowest BCUT2D eigenvalue weighted by atomic mass is 10.1. The molecule has 1 fully saturated rings. The third-order valence-electron chi connectivity index (χ3n) is 3.40. The number of nitrogens with two attached hydrogens (primary N) is 1. The van der Waals surface area contributed by atoms with Crippen molar-refractivity contribution in [3.63, 3.8) is 0 Å². The summed E-state index contributed by atoms with van der Waals surface area (Å²) in [6.07, 6.45) is 5.55. The van der Waals surface area contributed by atoms with Crippen LogP contribution in [0.1, 0.15) is 31.4 Å². The van der Waals surface area contributed by atoms with Gasteiger partial charge < -0.3 is 10.6 Å². The van der Waals surface area contributed by atoms with Crippen LogP contribution in [0, 0.1) is 5.92 Å². The highest BCUT2D eigenvalue weighted by Gasteiger charge is 2.17. The highest BCUT2D eigenvalue weighted by atomic mass is 15.2. The van der Waals surface area contributed by atoms with Gasteiger partial charge in [0.15, 0.2) is 0 Å². The molecule has 0 aromatic carbocycles. The summed E-state index contributed by atoms with van der Waals surface area (Å²) in [4.78, 5) is 6.79. The van der Waals surface area contributed by atoms with E-state index in [0.717, 1.165) is 24.0 Å². The average molecular weight is 219 g/mol. The smallest absolute Gasteiger partial charge is 0.128 e.